The SMILES string of the molecule is CCNC(=NCC1(CCOCC)CCCC1)N1CCOC(C2CCCO2)C1.I. The van der Waals surface area contributed by atoms with Crippen LogP contribution in [0.1, 0.15) is 58.8 Å². The van der Waals surface area contributed by atoms with E-state index in [4.69, 9.17) is 19.2 Å². The normalized spacial score (nSPS) is 27.6. The quantitative estimate of drug-likeness (QED) is 0.235. The van der Waals surface area contributed by atoms with Crippen LogP contribution in [0.25, 0.3) is 0 Å². The zero-order valence-corrected chi connectivity index (χ0v) is 20.1. The van der Waals surface area contributed by atoms with Crippen LogP contribution in [0.4, 0.5) is 0 Å². The lowest BCUT2D eigenvalue weighted by Crippen LogP contribution is -2.53. The maximum Gasteiger partial charge on any atom is 0.194 e. The minimum atomic E-state index is 0. The first-order valence-corrected chi connectivity index (χ1v) is 11.1. The highest BCUT2D eigenvalue weighted by Crippen LogP contribution is 2.41. The molecule has 3 fully saturated rings. The largest absolute Gasteiger partial charge is 0.382 e. The second-order valence-electron chi connectivity index (χ2n) is 8.23. The summed E-state index contributed by atoms with van der Waals surface area (Å²) < 4.78 is 17.5. The molecule has 3 aliphatic rings. The fourth-order valence-corrected chi connectivity index (χ4v) is 4.70. The van der Waals surface area contributed by atoms with Crippen molar-refractivity contribution < 1.29 is 14.2 Å². The highest BCUT2D eigenvalue weighted by Gasteiger charge is 2.35. The van der Waals surface area contributed by atoms with Gasteiger partial charge in [0.1, 0.15) is 6.10 Å². The molecule has 164 valence electrons. The van der Waals surface area contributed by atoms with Crippen molar-refractivity contribution in [1.29, 1.82) is 0 Å². The molecule has 0 radical (unpaired) electrons. The lowest BCUT2D eigenvalue weighted by atomic mass is 9.83. The molecule has 0 spiro atoms. The summed E-state index contributed by atoms with van der Waals surface area (Å²) in [5.41, 5.74) is 0.329. The van der Waals surface area contributed by atoms with Gasteiger partial charge in [-0.15, -0.1) is 24.0 Å². The first-order chi connectivity index (χ1) is 13.3. The van der Waals surface area contributed by atoms with Gasteiger partial charge in [-0.2, -0.15) is 0 Å². The number of halogens is 1. The second-order valence-corrected chi connectivity index (χ2v) is 8.23. The van der Waals surface area contributed by atoms with Gasteiger partial charge >= 0.3 is 0 Å². The van der Waals surface area contributed by atoms with Gasteiger partial charge in [0.25, 0.3) is 0 Å². The van der Waals surface area contributed by atoms with Gasteiger partial charge in [0.05, 0.1) is 12.7 Å². The van der Waals surface area contributed by atoms with Crippen LogP contribution in [0.5, 0.6) is 0 Å². The number of nitrogens with zero attached hydrogens (tertiary/aromatic N) is 2. The zero-order chi connectivity index (χ0) is 19.0. The number of guanidine groups is 1. The van der Waals surface area contributed by atoms with Crippen LogP contribution < -0.4 is 5.32 Å². The third-order valence-corrected chi connectivity index (χ3v) is 6.32. The first kappa shape index (κ1) is 24.2. The van der Waals surface area contributed by atoms with E-state index in [1.165, 1.54) is 25.7 Å². The molecular formula is C21H40IN3O3. The first-order valence-electron chi connectivity index (χ1n) is 11.1. The van der Waals surface area contributed by atoms with Crippen molar-refractivity contribution in [2.75, 3.05) is 52.6 Å². The molecule has 0 aromatic rings. The molecule has 1 aliphatic carbocycles. The van der Waals surface area contributed by atoms with E-state index in [2.05, 4.69) is 24.1 Å². The van der Waals surface area contributed by atoms with E-state index in [1.807, 2.05) is 0 Å². The summed E-state index contributed by atoms with van der Waals surface area (Å²) in [4.78, 5) is 7.49. The number of hydrogen-bond donors (Lipinski definition) is 1. The van der Waals surface area contributed by atoms with E-state index in [1.54, 1.807) is 0 Å². The van der Waals surface area contributed by atoms with Gasteiger partial charge in [-0.05, 0) is 51.4 Å². The van der Waals surface area contributed by atoms with E-state index in [0.717, 1.165) is 77.8 Å². The molecule has 28 heavy (non-hydrogen) atoms. The highest BCUT2D eigenvalue weighted by atomic mass is 127. The van der Waals surface area contributed by atoms with Crippen molar-refractivity contribution in [3.05, 3.63) is 0 Å². The van der Waals surface area contributed by atoms with Crippen molar-refractivity contribution in [3.63, 3.8) is 0 Å². The van der Waals surface area contributed by atoms with Crippen LogP contribution in [-0.4, -0.2) is 75.7 Å². The van der Waals surface area contributed by atoms with Crippen LogP contribution in [0.15, 0.2) is 4.99 Å². The Labute approximate surface area is 188 Å². The molecule has 7 heteroatoms. The molecule has 3 rings (SSSR count). The number of hydrogen-bond acceptors (Lipinski definition) is 4. The Balaban J connectivity index is 0.00000280. The van der Waals surface area contributed by atoms with Crippen molar-refractivity contribution in [1.82, 2.24) is 10.2 Å². The number of rotatable bonds is 8. The minimum Gasteiger partial charge on any atom is -0.382 e. The number of nitrogens with one attached hydrogen (secondary N) is 1. The molecule has 1 N–H and O–H groups in total. The number of morpholine rings is 1. The smallest absolute Gasteiger partial charge is 0.194 e. The maximum atomic E-state index is 6.02. The minimum absolute atomic E-state index is 0. The van der Waals surface area contributed by atoms with Crippen LogP contribution in [0.3, 0.4) is 0 Å². The lowest BCUT2D eigenvalue weighted by Gasteiger charge is -2.37. The molecule has 2 heterocycles. The topological polar surface area (TPSA) is 55.3 Å². The van der Waals surface area contributed by atoms with Gasteiger partial charge in [0.2, 0.25) is 0 Å². The fraction of sp³-hybridized carbons (Fsp3) is 0.952. The average Bonchev–Trinajstić information content (AvgIpc) is 3.38. The Morgan fingerprint density at radius 1 is 1.14 bits per heavy atom. The van der Waals surface area contributed by atoms with E-state index in [-0.39, 0.29) is 36.2 Å². The van der Waals surface area contributed by atoms with Crippen LogP contribution in [0.2, 0.25) is 0 Å². The molecule has 2 unspecified atom stereocenters. The van der Waals surface area contributed by atoms with E-state index < -0.39 is 0 Å². The predicted octanol–water partition coefficient (Wildman–Crippen LogP) is 3.44. The third-order valence-electron chi connectivity index (χ3n) is 6.32. The van der Waals surface area contributed by atoms with Gasteiger partial charge in [-0.1, -0.05) is 12.8 Å². The Bertz CT molecular complexity index is 466. The highest BCUT2D eigenvalue weighted by molar-refractivity contribution is 14.0. The van der Waals surface area contributed by atoms with Gasteiger partial charge < -0.3 is 24.4 Å². The summed E-state index contributed by atoms with van der Waals surface area (Å²) in [5, 5.41) is 3.52. The van der Waals surface area contributed by atoms with Gasteiger partial charge in [-0.3, -0.25) is 4.99 Å². The van der Waals surface area contributed by atoms with Crippen molar-refractivity contribution in [2.24, 2.45) is 10.4 Å². The molecular weight excluding hydrogens is 469 g/mol. The molecule has 0 aromatic carbocycles. The van der Waals surface area contributed by atoms with Crippen LogP contribution in [-0.2, 0) is 14.2 Å². The summed E-state index contributed by atoms with van der Waals surface area (Å²) in [7, 11) is 0. The van der Waals surface area contributed by atoms with Crippen molar-refractivity contribution in [2.45, 2.75) is 71.0 Å². The molecule has 6 nitrogen and oxygen atoms in total. The Morgan fingerprint density at radius 3 is 2.61 bits per heavy atom. The molecule has 0 amide bonds. The predicted molar refractivity (Wildman–Crippen MR) is 124 cm³/mol. The van der Waals surface area contributed by atoms with Crippen molar-refractivity contribution in [3.8, 4) is 0 Å². The Kier molecular flexibility index (Phi) is 10.8. The zero-order valence-electron chi connectivity index (χ0n) is 17.8. The van der Waals surface area contributed by atoms with E-state index >= 15 is 0 Å². The number of aliphatic imine (C=N–C) groups is 1. The van der Waals surface area contributed by atoms with Crippen molar-refractivity contribution >= 4 is 29.9 Å². The molecule has 0 aromatic heterocycles. The average molecular weight is 509 g/mol. The molecule has 2 saturated heterocycles. The molecule has 1 saturated carbocycles. The van der Waals surface area contributed by atoms with E-state index in [0.29, 0.717) is 5.41 Å². The van der Waals surface area contributed by atoms with Gasteiger partial charge in [0, 0.05) is 46.0 Å². The lowest BCUT2D eigenvalue weighted by molar-refractivity contribution is -0.0817. The Morgan fingerprint density at radius 2 is 1.93 bits per heavy atom. The Hall–Kier alpha value is -0.120. The fourth-order valence-electron chi connectivity index (χ4n) is 4.70. The van der Waals surface area contributed by atoms with Crippen LogP contribution in [0, 0.1) is 5.41 Å². The monoisotopic (exact) mass is 509 g/mol. The molecule has 2 atom stereocenters. The molecule has 0 bridgehead atoms. The van der Waals surface area contributed by atoms with E-state index in [9.17, 15) is 0 Å². The summed E-state index contributed by atoms with van der Waals surface area (Å²) in [6, 6.07) is 0. The van der Waals surface area contributed by atoms with Gasteiger partial charge in [-0.25, -0.2) is 0 Å². The third kappa shape index (κ3) is 6.71. The van der Waals surface area contributed by atoms with Gasteiger partial charge in [0.15, 0.2) is 5.96 Å². The summed E-state index contributed by atoms with van der Waals surface area (Å²) >= 11 is 0. The number of ether oxygens (including phenoxy) is 3. The summed E-state index contributed by atoms with van der Waals surface area (Å²) in [6.07, 6.45) is 9.05. The summed E-state index contributed by atoms with van der Waals surface area (Å²) in [6.45, 7) is 11.1. The standard InChI is InChI=1S/C21H39N3O3.HI/c1-3-22-20(23-17-21(9-5-6-10-21)11-14-25-4-2)24-12-15-27-19(16-24)18-8-7-13-26-18;/h18-19H,3-17H2,1-2H3,(H,22,23);1H. The van der Waals surface area contributed by atoms with Crippen LogP contribution >= 0.6 is 24.0 Å². The molecule has 2 aliphatic heterocycles. The maximum absolute atomic E-state index is 6.02. The summed E-state index contributed by atoms with van der Waals surface area (Å²) in [5.74, 6) is 1.05. The second kappa shape index (κ2) is 12.5.